The molecule has 1 N–H and O–H groups in total. The smallest absolute Gasteiger partial charge is 0.0229 e. The van der Waals surface area contributed by atoms with Crippen LogP contribution in [0, 0.1) is 5.41 Å². The van der Waals surface area contributed by atoms with Crippen molar-refractivity contribution >= 4 is 27.5 Å². The summed E-state index contributed by atoms with van der Waals surface area (Å²) < 4.78 is 1.16. The van der Waals surface area contributed by atoms with E-state index in [-0.39, 0.29) is 5.41 Å². The molecular formula is C13H19BrClN. The molecule has 0 amide bonds. The molecule has 16 heavy (non-hydrogen) atoms. The molecule has 0 aliphatic carbocycles. The van der Waals surface area contributed by atoms with Gasteiger partial charge in [0.15, 0.2) is 0 Å². The van der Waals surface area contributed by atoms with E-state index in [9.17, 15) is 0 Å². The Kier molecular flexibility index (Phi) is 5.81. The van der Waals surface area contributed by atoms with Gasteiger partial charge in [0.1, 0.15) is 0 Å². The molecule has 0 unspecified atom stereocenters. The summed E-state index contributed by atoms with van der Waals surface area (Å²) in [7, 11) is 0. The van der Waals surface area contributed by atoms with Crippen LogP contribution >= 0.6 is 27.5 Å². The minimum atomic E-state index is 0.267. The molecule has 1 nitrogen and oxygen atoms in total. The van der Waals surface area contributed by atoms with Crippen molar-refractivity contribution in [3.8, 4) is 0 Å². The van der Waals surface area contributed by atoms with Crippen LogP contribution in [0.2, 0.25) is 0 Å². The molecule has 0 aliphatic heterocycles. The minimum Gasteiger partial charge on any atom is -0.312 e. The van der Waals surface area contributed by atoms with E-state index in [0.717, 1.165) is 29.9 Å². The zero-order valence-electron chi connectivity index (χ0n) is 9.89. The molecule has 1 aromatic rings. The van der Waals surface area contributed by atoms with Crippen LogP contribution in [0.3, 0.4) is 0 Å². The zero-order valence-corrected chi connectivity index (χ0v) is 12.2. The monoisotopic (exact) mass is 303 g/mol. The Labute approximate surface area is 112 Å². The van der Waals surface area contributed by atoms with E-state index in [0.29, 0.717) is 0 Å². The summed E-state index contributed by atoms with van der Waals surface area (Å²) in [5.74, 6) is 0.726. The maximum Gasteiger partial charge on any atom is 0.0229 e. The maximum absolute atomic E-state index is 5.77. The molecular weight excluding hydrogens is 286 g/mol. The lowest BCUT2D eigenvalue weighted by Crippen LogP contribution is -2.29. The lowest BCUT2D eigenvalue weighted by molar-refractivity contribution is 0.329. The van der Waals surface area contributed by atoms with Gasteiger partial charge in [0.25, 0.3) is 0 Å². The summed E-state index contributed by atoms with van der Waals surface area (Å²) >= 11 is 9.32. The fourth-order valence-corrected chi connectivity index (χ4v) is 2.46. The van der Waals surface area contributed by atoms with Crippen LogP contribution in [-0.4, -0.2) is 12.4 Å². The fraction of sp³-hybridized carbons (Fsp3) is 0.538. The number of nitrogens with one attached hydrogen (secondary N) is 1. The molecule has 0 heterocycles. The third-order valence-electron chi connectivity index (χ3n) is 2.65. The lowest BCUT2D eigenvalue weighted by Gasteiger charge is -2.24. The van der Waals surface area contributed by atoms with E-state index < -0.39 is 0 Å². The van der Waals surface area contributed by atoms with Crippen LogP contribution in [-0.2, 0) is 6.54 Å². The highest BCUT2D eigenvalue weighted by atomic mass is 79.9. The molecule has 0 bridgehead atoms. The number of rotatable bonds is 6. The molecule has 0 aliphatic rings. The minimum absolute atomic E-state index is 0.267. The Hall–Kier alpha value is -0.0500. The first-order chi connectivity index (χ1) is 7.55. The maximum atomic E-state index is 5.77. The average molecular weight is 305 g/mol. The molecule has 0 saturated heterocycles. The summed E-state index contributed by atoms with van der Waals surface area (Å²) in [5.41, 5.74) is 1.56. The Morgan fingerprint density at radius 2 is 2.00 bits per heavy atom. The molecule has 1 rings (SSSR count). The first-order valence-corrected chi connectivity index (χ1v) is 6.88. The van der Waals surface area contributed by atoms with E-state index >= 15 is 0 Å². The third kappa shape index (κ3) is 4.86. The first kappa shape index (κ1) is 14.0. The quantitative estimate of drug-likeness (QED) is 0.777. The van der Waals surface area contributed by atoms with Crippen LogP contribution in [0.5, 0.6) is 0 Å². The summed E-state index contributed by atoms with van der Waals surface area (Å²) in [4.78, 5) is 0. The number of halogens is 2. The molecule has 0 spiro atoms. The van der Waals surface area contributed by atoms with Crippen LogP contribution in [0.1, 0.15) is 25.8 Å². The van der Waals surface area contributed by atoms with Crippen molar-refractivity contribution < 1.29 is 0 Å². The van der Waals surface area contributed by atoms with Gasteiger partial charge >= 0.3 is 0 Å². The van der Waals surface area contributed by atoms with Gasteiger partial charge in [0.05, 0.1) is 0 Å². The summed E-state index contributed by atoms with van der Waals surface area (Å²) in [6.45, 7) is 6.36. The SMILES string of the molecule is CC(C)(CCCl)CNCc1ccccc1Br. The summed E-state index contributed by atoms with van der Waals surface area (Å²) in [5, 5.41) is 3.48. The van der Waals surface area contributed by atoms with Gasteiger partial charge < -0.3 is 5.32 Å². The highest BCUT2D eigenvalue weighted by molar-refractivity contribution is 9.10. The standard InChI is InChI=1S/C13H19BrClN/c1-13(2,7-8-15)10-16-9-11-5-3-4-6-12(11)14/h3-6,16H,7-10H2,1-2H3. The van der Waals surface area contributed by atoms with Crippen LogP contribution in [0.4, 0.5) is 0 Å². The summed E-state index contributed by atoms with van der Waals surface area (Å²) in [6, 6.07) is 8.29. The second-order valence-electron chi connectivity index (χ2n) is 4.80. The predicted octanol–water partition coefficient (Wildman–Crippen LogP) is 4.19. The van der Waals surface area contributed by atoms with Gasteiger partial charge in [-0.05, 0) is 23.5 Å². The zero-order chi connectivity index (χ0) is 12.0. The van der Waals surface area contributed by atoms with E-state index in [4.69, 9.17) is 11.6 Å². The van der Waals surface area contributed by atoms with Crippen molar-refractivity contribution in [2.75, 3.05) is 12.4 Å². The van der Waals surface area contributed by atoms with E-state index in [1.807, 2.05) is 6.07 Å². The highest BCUT2D eigenvalue weighted by Crippen LogP contribution is 2.20. The van der Waals surface area contributed by atoms with E-state index in [1.165, 1.54) is 5.56 Å². The molecule has 0 atom stereocenters. The number of hydrogen-bond acceptors (Lipinski definition) is 1. The number of benzene rings is 1. The van der Waals surface area contributed by atoms with Gasteiger partial charge in [-0.15, -0.1) is 11.6 Å². The van der Waals surface area contributed by atoms with Gasteiger partial charge in [-0.2, -0.15) is 0 Å². The first-order valence-electron chi connectivity index (χ1n) is 5.55. The largest absolute Gasteiger partial charge is 0.312 e. The van der Waals surface area contributed by atoms with Gasteiger partial charge in [-0.3, -0.25) is 0 Å². The van der Waals surface area contributed by atoms with Gasteiger partial charge in [0, 0.05) is 23.4 Å². The second kappa shape index (κ2) is 6.63. The lowest BCUT2D eigenvalue weighted by atomic mass is 9.90. The normalized spacial score (nSPS) is 11.8. The molecule has 0 aromatic heterocycles. The van der Waals surface area contributed by atoms with Gasteiger partial charge in [-0.25, -0.2) is 0 Å². The Morgan fingerprint density at radius 1 is 1.31 bits per heavy atom. The predicted molar refractivity (Wildman–Crippen MR) is 75.0 cm³/mol. The van der Waals surface area contributed by atoms with Crippen molar-refractivity contribution in [3.05, 3.63) is 34.3 Å². The van der Waals surface area contributed by atoms with Crippen LogP contribution < -0.4 is 5.32 Å². The molecule has 0 radical (unpaired) electrons. The average Bonchev–Trinajstić information content (AvgIpc) is 2.20. The van der Waals surface area contributed by atoms with Crippen molar-refractivity contribution in [1.29, 1.82) is 0 Å². The number of hydrogen-bond donors (Lipinski definition) is 1. The van der Waals surface area contributed by atoms with E-state index in [1.54, 1.807) is 0 Å². The molecule has 1 aromatic carbocycles. The van der Waals surface area contributed by atoms with Crippen molar-refractivity contribution in [1.82, 2.24) is 5.32 Å². The third-order valence-corrected chi connectivity index (χ3v) is 3.61. The Bertz CT molecular complexity index is 325. The second-order valence-corrected chi connectivity index (χ2v) is 6.03. The van der Waals surface area contributed by atoms with Gasteiger partial charge in [-0.1, -0.05) is 48.0 Å². The van der Waals surface area contributed by atoms with Crippen molar-refractivity contribution in [2.24, 2.45) is 5.41 Å². The van der Waals surface area contributed by atoms with Gasteiger partial charge in [0.2, 0.25) is 0 Å². The van der Waals surface area contributed by atoms with Crippen molar-refractivity contribution in [3.63, 3.8) is 0 Å². The van der Waals surface area contributed by atoms with Crippen LogP contribution in [0.15, 0.2) is 28.7 Å². The summed E-state index contributed by atoms with van der Waals surface area (Å²) in [6.07, 6.45) is 1.04. The fourth-order valence-electron chi connectivity index (χ4n) is 1.52. The highest BCUT2D eigenvalue weighted by Gasteiger charge is 2.16. The van der Waals surface area contributed by atoms with Crippen LogP contribution in [0.25, 0.3) is 0 Å². The molecule has 90 valence electrons. The Balaban J connectivity index is 2.39. The molecule has 3 heteroatoms. The molecule has 0 saturated carbocycles. The van der Waals surface area contributed by atoms with Crippen molar-refractivity contribution in [2.45, 2.75) is 26.8 Å². The Morgan fingerprint density at radius 3 is 2.62 bits per heavy atom. The number of alkyl halides is 1. The van der Waals surface area contributed by atoms with E-state index in [2.05, 4.69) is 53.3 Å². The molecule has 0 fully saturated rings. The topological polar surface area (TPSA) is 12.0 Å².